The summed E-state index contributed by atoms with van der Waals surface area (Å²) in [5.74, 6) is 0.195. The van der Waals surface area contributed by atoms with Gasteiger partial charge in [-0.15, -0.1) is 0 Å². The van der Waals surface area contributed by atoms with Crippen molar-refractivity contribution in [2.45, 2.75) is 44.2 Å². The van der Waals surface area contributed by atoms with Gasteiger partial charge in [0.25, 0.3) is 0 Å². The number of sulfonamides is 1. The molecular weight excluding hydrogens is 286 g/mol. The lowest BCUT2D eigenvalue weighted by Gasteiger charge is -2.42. The molecule has 2 fully saturated rings. The molecule has 0 bridgehead atoms. The Balaban J connectivity index is 1.68. The van der Waals surface area contributed by atoms with Gasteiger partial charge in [0.1, 0.15) is 0 Å². The van der Waals surface area contributed by atoms with E-state index in [1.807, 2.05) is 30.3 Å². The number of hydrogen-bond acceptors (Lipinski definition) is 3. The molecule has 0 aromatic heterocycles. The maximum Gasteiger partial charge on any atom is 0.214 e. The van der Waals surface area contributed by atoms with Crippen molar-refractivity contribution in [1.82, 2.24) is 4.31 Å². The van der Waals surface area contributed by atoms with Crippen molar-refractivity contribution in [3.05, 3.63) is 35.9 Å². The van der Waals surface area contributed by atoms with Crippen molar-refractivity contribution >= 4 is 10.0 Å². The number of nitrogens with zero attached hydrogens (tertiary/aromatic N) is 1. The summed E-state index contributed by atoms with van der Waals surface area (Å²) in [5.41, 5.74) is 1.08. The van der Waals surface area contributed by atoms with E-state index in [0.29, 0.717) is 19.6 Å². The lowest BCUT2D eigenvalue weighted by Crippen LogP contribution is -2.55. The molecule has 3 rings (SSSR count). The Bertz CT molecular complexity index is 556. The molecule has 0 amide bonds. The van der Waals surface area contributed by atoms with E-state index >= 15 is 0 Å². The van der Waals surface area contributed by atoms with Crippen LogP contribution < -0.4 is 0 Å². The van der Waals surface area contributed by atoms with Gasteiger partial charge in [0.2, 0.25) is 10.0 Å². The third kappa shape index (κ3) is 3.47. The number of hydrogen-bond donors (Lipinski definition) is 0. The zero-order chi connectivity index (χ0) is 14.7. The van der Waals surface area contributed by atoms with Crippen molar-refractivity contribution in [2.75, 3.05) is 18.9 Å². The smallest absolute Gasteiger partial charge is 0.214 e. The van der Waals surface area contributed by atoms with Gasteiger partial charge < -0.3 is 4.74 Å². The van der Waals surface area contributed by atoms with Gasteiger partial charge in [-0.25, -0.2) is 8.42 Å². The molecule has 2 atom stereocenters. The molecule has 1 saturated carbocycles. The first-order valence-corrected chi connectivity index (χ1v) is 9.43. The first-order chi connectivity index (χ1) is 10.2. The fourth-order valence-electron chi connectivity index (χ4n) is 3.42. The van der Waals surface area contributed by atoms with E-state index < -0.39 is 10.0 Å². The summed E-state index contributed by atoms with van der Waals surface area (Å²) >= 11 is 0. The molecule has 4 nitrogen and oxygen atoms in total. The Hall–Kier alpha value is -0.910. The fourth-order valence-corrected chi connectivity index (χ4v) is 5.15. The van der Waals surface area contributed by atoms with Crippen LogP contribution in [0.2, 0.25) is 0 Å². The van der Waals surface area contributed by atoms with Gasteiger partial charge >= 0.3 is 0 Å². The Labute approximate surface area is 127 Å². The lowest BCUT2D eigenvalue weighted by molar-refractivity contribution is -0.0585. The maximum atomic E-state index is 12.7. The van der Waals surface area contributed by atoms with E-state index in [1.54, 1.807) is 4.31 Å². The molecule has 1 aliphatic heterocycles. The monoisotopic (exact) mass is 309 g/mol. The molecule has 1 aromatic carbocycles. The summed E-state index contributed by atoms with van der Waals surface area (Å²) in [5, 5.41) is 0. The van der Waals surface area contributed by atoms with E-state index in [2.05, 4.69) is 0 Å². The summed E-state index contributed by atoms with van der Waals surface area (Å²) in [7, 11) is -3.20. The van der Waals surface area contributed by atoms with E-state index in [4.69, 9.17) is 4.74 Å². The van der Waals surface area contributed by atoms with Crippen LogP contribution in [0.4, 0.5) is 0 Å². The average molecular weight is 309 g/mol. The van der Waals surface area contributed by atoms with Crippen LogP contribution in [0, 0.1) is 0 Å². The van der Waals surface area contributed by atoms with Crippen LogP contribution in [0.5, 0.6) is 0 Å². The van der Waals surface area contributed by atoms with Crippen LogP contribution in [-0.2, 0) is 21.2 Å². The van der Waals surface area contributed by atoms with Crippen LogP contribution in [0.15, 0.2) is 30.3 Å². The number of fused-ring (bicyclic) bond motifs is 1. The quantitative estimate of drug-likeness (QED) is 0.856. The average Bonchev–Trinajstić information content (AvgIpc) is 2.53. The molecule has 0 unspecified atom stereocenters. The second kappa shape index (κ2) is 6.46. The van der Waals surface area contributed by atoms with Crippen molar-refractivity contribution in [1.29, 1.82) is 0 Å². The normalized spacial score (nSPS) is 27.2. The Morgan fingerprint density at radius 2 is 1.90 bits per heavy atom. The van der Waals surface area contributed by atoms with Gasteiger partial charge in [-0.05, 0) is 24.8 Å². The molecule has 1 aliphatic carbocycles. The van der Waals surface area contributed by atoms with Gasteiger partial charge in [-0.1, -0.05) is 43.2 Å². The van der Waals surface area contributed by atoms with Crippen LogP contribution in [0.1, 0.15) is 31.2 Å². The molecule has 1 heterocycles. The fraction of sp³-hybridized carbons (Fsp3) is 0.625. The van der Waals surface area contributed by atoms with Crippen molar-refractivity contribution in [2.24, 2.45) is 0 Å². The van der Waals surface area contributed by atoms with Gasteiger partial charge in [0.15, 0.2) is 0 Å². The molecular formula is C16H23NO3S. The number of rotatable bonds is 4. The third-order valence-electron chi connectivity index (χ3n) is 4.53. The summed E-state index contributed by atoms with van der Waals surface area (Å²) in [4.78, 5) is 0. The highest BCUT2D eigenvalue weighted by Gasteiger charge is 2.39. The molecule has 21 heavy (non-hydrogen) atoms. The SMILES string of the molecule is O=S(=O)(CCc1ccccc1)N1CCO[C@H]2CCCC[C@H]21. The molecule has 5 heteroatoms. The minimum absolute atomic E-state index is 0.0632. The van der Waals surface area contributed by atoms with Gasteiger partial charge in [0.05, 0.1) is 24.5 Å². The minimum Gasteiger partial charge on any atom is -0.375 e. The highest BCUT2D eigenvalue weighted by Crippen LogP contribution is 2.30. The molecule has 1 aromatic rings. The maximum absolute atomic E-state index is 12.7. The van der Waals surface area contributed by atoms with E-state index in [9.17, 15) is 8.42 Å². The largest absolute Gasteiger partial charge is 0.375 e. The van der Waals surface area contributed by atoms with Crippen LogP contribution in [0.25, 0.3) is 0 Å². The predicted octanol–water partition coefficient (Wildman–Crippen LogP) is 2.20. The molecule has 2 aliphatic rings. The molecule has 0 spiro atoms. The summed E-state index contributed by atoms with van der Waals surface area (Å²) < 4.78 is 32.9. The second-order valence-electron chi connectivity index (χ2n) is 5.92. The zero-order valence-electron chi connectivity index (χ0n) is 12.3. The third-order valence-corrected chi connectivity index (χ3v) is 6.42. The summed E-state index contributed by atoms with van der Waals surface area (Å²) in [6, 6.07) is 9.89. The number of ether oxygens (including phenoxy) is 1. The molecule has 1 saturated heterocycles. The van der Waals surface area contributed by atoms with Crippen molar-refractivity contribution in [3.8, 4) is 0 Å². The van der Waals surface area contributed by atoms with E-state index in [-0.39, 0.29) is 17.9 Å². The van der Waals surface area contributed by atoms with Crippen molar-refractivity contribution < 1.29 is 13.2 Å². The van der Waals surface area contributed by atoms with Gasteiger partial charge in [-0.3, -0.25) is 0 Å². The van der Waals surface area contributed by atoms with Crippen LogP contribution in [-0.4, -0.2) is 43.8 Å². The highest BCUT2D eigenvalue weighted by atomic mass is 32.2. The standard InChI is InChI=1S/C16H23NO3S/c18-21(19,13-10-14-6-2-1-3-7-14)17-11-12-20-16-9-5-4-8-15(16)17/h1-3,6-7,15-16H,4-5,8-13H2/t15-,16+/m1/s1. The second-order valence-corrected chi connectivity index (χ2v) is 7.96. The minimum atomic E-state index is -3.20. The molecule has 0 radical (unpaired) electrons. The van der Waals surface area contributed by atoms with Crippen molar-refractivity contribution in [3.63, 3.8) is 0 Å². The first-order valence-electron chi connectivity index (χ1n) is 7.82. The predicted molar refractivity (Wildman–Crippen MR) is 82.6 cm³/mol. The molecule has 0 N–H and O–H groups in total. The Kier molecular flexibility index (Phi) is 4.62. The summed E-state index contributed by atoms with van der Waals surface area (Å²) in [6.07, 6.45) is 4.88. The number of morpholine rings is 1. The molecule has 116 valence electrons. The van der Waals surface area contributed by atoms with E-state index in [1.165, 1.54) is 0 Å². The lowest BCUT2D eigenvalue weighted by atomic mass is 9.91. The van der Waals surface area contributed by atoms with E-state index in [0.717, 1.165) is 31.2 Å². The first kappa shape index (κ1) is 15.0. The zero-order valence-corrected chi connectivity index (χ0v) is 13.1. The number of benzene rings is 1. The van der Waals surface area contributed by atoms with Gasteiger partial charge in [0, 0.05) is 6.54 Å². The topological polar surface area (TPSA) is 46.6 Å². The Morgan fingerprint density at radius 1 is 1.14 bits per heavy atom. The van der Waals surface area contributed by atoms with Gasteiger partial charge in [-0.2, -0.15) is 4.31 Å². The summed E-state index contributed by atoms with van der Waals surface area (Å²) in [6.45, 7) is 1.05. The van der Waals surface area contributed by atoms with Crippen LogP contribution >= 0.6 is 0 Å². The Morgan fingerprint density at radius 3 is 2.71 bits per heavy atom. The van der Waals surface area contributed by atoms with Crippen LogP contribution in [0.3, 0.4) is 0 Å². The highest BCUT2D eigenvalue weighted by molar-refractivity contribution is 7.89. The number of aryl methyl sites for hydroxylation is 1.